The third kappa shape index (κ3) is 9.05. The van der Waals surface area contributed by atoms with Crippen molar-refractivity contribution in [2.75, 3.05) is 20.2 Å². The van der Waals surface area contributed by atoms with Crippen LogP contribution in [-0.2, 0) is 9.53 Å². The summed E-state index contributed by atoms with van der Waals surface area (Å²) in [7, 11) is 1.61. The molecule has 0 aliphatic heterocycles. The fraction of sp³-hybridized carbons (Fsp3) is 0.600. The number of carbonyl (C=O) groups is 2. The number of rotatable bonds is 12. The summed E-state index contributed by atoms with van der Waals surface area (Å²) in [6, 6.07) is 7.18. The Labute approximate surface area is 160 Å². The van der Waals surface area contributed by atoms with Crippen molar-refractivity contribution in [2.24, 2.45) is 0 Å². The van der Waals surface area contributed by atoms with E-state index < -0.39 is 0 Å². The van der Waals surface area contributed by atoms with Crippen LogP contribution in [-0.4, -0.2) is 37.0 Å². The van der Waals surface area contributed by atoms with Gasteiger partial charge in [0.2, 0.25) is 0 Å². The van der Waals surface area contributed by atoms with Crippen molar-refractivity contribution in [3.05, 3.63) is 34.3 Å². The number of benzene rings is 1. The number of hydrogen-bond acceptors (Lipinski definition) is 3. The molecule has 1 aromatic carbocycles. The lowest BCUT2D eigenvalue weighted by Crippen LogP contribution is -2.33. The number of likely N-dealkylation sites (N-methyl/N-ethyl adjacent to an activating group) is 1. The quantitative estimate of drug-likeness (QED) is 0.350. The number of nitrogens with zero attached hydrogens (tertiary/aromatic N) is 1. The summed E-state index contributed by atoms with van der Waals surface area (Å²) in [5.74, 6) is -0.553. The van der Waals surface area contributed by atoms with Crippen LogP contribution in [0.5, 0.6) is 0 Å². The second-order valence-corrected chi connectivity index (χ2v) is 7.19. The summed E-state index contributed by atoms with van der Waals surface area (Å²) in [6.07, 6.45) is 9.65. The minimum absolute atomic E-state index is 0.0306. The van der Waals surface area contributed by atoms with E-state index >= 15 is 0 Å². The van der Waals surface area contributed by atoms with Gasteiger partial charge in [0.1, 0.15) is 6.54 Å². The van der Waals surface area contributed by atoms with Crippen molar-refractivity contribution in [2.45, 2.75) is 58.3 Å². The van der Waals surface area contributed by atoms with Crippen LogP contribution in [0.2, 0.25) is 0 Å². The molecule has 0 N–H and O–H groups in total. The van der Waals surface area contributed by atoms with Crippen LogP contribution in [0, 0.1) is 0 Å². The summed E-state index contributed by atoms with van der Waals surface area (Å²) in [6.45, 7) is 2.63. The number of amides is 1. The molecular formula is C20H30BrNO3. The Hall–Kier alpha value is -1.36. The fourth-order valence-electron chi connectivity index (χ4n) is 2.57. The second kappa shape index (κ2) is 12.9. The van der Waals surface area contributed by atoms with Crippen molar-refractivity contribution >= 4 is 27.8 Å². The lowest BCUT2D eigenvalue weighted by molar-refractivity contribution is -0.144. The molecule has 0 aromatic heterocycles. The Morgan fingerprint density at radius 1 is 1.00 bits per heavy atom. The van der Waals surface area contributed by atoms with E-state index in [9.17, 15) is 9.59 Å². The molecule has 0 saturated heterocycles. The highest BCUT2D eigenvalue weighted by Crippen LogP contribution is 2.17. The van der Waals surface area contributed by atoms with Gasteiger partial charge >= 0.3 is 5.97 Å². The lowest BCUT2D eigenvalue weighted by Gasteiger charge is -2.17. The van der Waals surface area contributed by atoms with Crippen LogP contribution in [0.25, 0.3) is 0 Å². The van der Waals surface area contributed by atoms with Gasteiger partial charge in [-0.3, -0.25) is 9.59 Å². The van der Waals surface area contributed by atoms with Gasteiger partial charge in [0.05, 0.1) is 12.2 Å². The maximum Gasteiger partial charge on any atom is 0.325 e. The third-order valence-electron chi connectivity index (χ3n) is 4.08. The van der Waals surface area contributed by atoms with Crippen molar-refractivity contribution in [1.29, 1.82) is 0 Å². The maximum atomic E-state index is 12.3. The number of ether oxygens (including phenoxy) is 1. The first-order chi connectivity index (χ1) is 12.1. The molecule has 1 aromatic rings. The summed E-state index contributed by atoms with van der Waals surface area (Å²) in [5, 5.41) is 0. The van der Waals surface area contributed by atoms with Crippen molar-refractivity contribution in [1.82, 2.24) is 4.90 Å². The minimum atomic E-state index is -0.356. The molecule has 0 aliphatic rings. The van der Waals surface area contributed by atoms with E-state index in [1.165, 1.54) is 43.4 Å². The average Bonchev–Trinajstić information content (AvgIpc) is 2.60. The van der Waals surface area contributed by atoms with Gasteiger partial charge in [-0.25, -0.2) is 0 Å². The maximum absolute atomic E-state index is 12.3. The Balaban J connectivity index is 2.15. The zero-order valence-corrected chi connectivity index (χ0v) is 17.0. The van der Waals surface area contributed by atoms with Gasteiger partial charge in [-0.1, -0.05) is 64.0 Å². The fourth-order valence-corrected chi connectivity index (χ4v) is 3.03. The molecular weight excluding hydrogens is 382 g/mol. The monoisotopic (exact) mass is 411 g/mol. The number of halogens is 1. The Bertz CT molecular complexity index is 533. The second-order valence-electron chi connectivity index (χ2n) is 6.34. The van der Waals surface area contributed by atoms with Crippen molar-refractivity contribution < 1.29 is 14.3 Å². The molecule has 0 spiro atoms. The number of carbonyl (C=O) groups excluding carboxylic acids is 2. The van der Waals surface area contributed by atoms with E-state index in [2.05, 4.69) is 22.9 Å². The highest BCUT2D eigenvalue weighted by atomic mass is 79.9. The Morgan fingerprint density at radius 2 is 1.60 bits per heavy atom. The van der Waals surface area contributed by atoms with Crippen LogP contribution < -0.4 is 0 Å². The van der Waals surface area contributed by atoms with E-state index in [0.29, 0.717) is 12.2 Å². The van der Waals surface area contributed by atoms with Crippen molar-refractivity contribution in [3.63, 3.8) is 0 Å². The molecule has 0 fully saturated rings. The van der Waals surface area contributed by atoms with Crippen LogP contribution in [0.3, 0.4) is 0 Å². The molecule has 0 saturated carbocycles. The molecule has 0 atom stereocenters. The van der Waals surface area contributed by atoms with E-state index in [-0.39, 0.29) is 18.4 Å². The first-order valence-corrected chi connectivity index (χ1v) is 10.0. The zero-order chi connectivity index (χ0) is 18.5. The molecule has 0 aliphatic carbocycles. The van der Waals surface area contributed by atoms with Crippen LogP contribution >= 0.6 is 15.9 Å². The molecule has 0 unspecified atom stereocenters. The minimum Gasteiger partial charge on any atom is -0.464 e. The summed E-state index contributed by atoms with van der Waals surface area (Å²) >= 11 is 3.35. The van der Waals surface area contributed by atoms with E-state index in [4.69, 9.17) is 4.74 Å². The largest absolute Gasteiger partial charge is 0.464 e. The number of esters is 1. The standard InChI is InChI=1S/C20H30BrNO3/c1-3-4-5-6-7-8-9-12-15-25-19(23)16-22(2)20(24)17-13-10-11-14-18(17)21/h10-11,13-14H,3-9,12,15-16H2,1-2H3. The van der Waals surface area contributed by atoms with Crippen molar-refractivity contribution in [3.8, 4) is 0 Å². The first-order valence-electron chi connectivity index (χ1n) is 9.22. The summed E-state index contributed by atoms with van der Waals surface area (Å²) in [5.41, 5.74) is 0.542. The predicted octanol–water partition coefficient (Wildman–Crippen LogP) is 5.21. The topological polar surface area (TPSA) is 46.6 Å². The van der Waals surface area contributed by atoms with E-state index in [0.717, 1.165) is 17.3 Å². The van der Waals surface area contributed by atoms with E-state index in [1.807, 2.05) is 12.1 Å². The van der Waals surface area contributed by atoms with Gasteiger partial charge in [0.15, 0.2) is 0 Å². The van der Waals surface area contributed by atoms with Gasteiger partial charge in [0.25, 0.3) is 5.91 Å². The molecule has 0 heterocycles. The highest BCUT2D eigenvalue weighted by Gasteiger charge is 2.17. The average molecular weight is 412 g/mol. The molecule has 1 rings (SSSR count). The molecule has 1 amide bonds. The summed E-state index contributed by atoms with van der Waals surface area (Å²) in [4.78, 5) is 25.6. The van der Waals surface area contributed by atoms with Gasteiger partial charge in [-0.15, -0.1) is 0 Å². The zero-order valence-electron chi connectivity index (χ0n) is 15.4. The SMILES string of the molecule is CCCCCCCCCCOC(=O)CN(C)C(=O)c1ccccc1Br. The smallest absolute Gasteiger partial charge is 0.325 e. The van der Waals surface area contributed by atoms with Gasteiger partial charge in [0, 0.05) is 11.5 Å². The Kier molecular flexibility index (Phi) is 11.2. The predicted molar refractivity (Wildman–Crippen MR) is 105 cm³/mol. The van der Waals surface area contributed by atoms with Gasteiger partial charge in [-0.2, -0.15) is 0 Å². The van der Waals surface area contributed by atoms with Crippen LogP contribution in [0.1, 0.15) is 68.6 Å². The summed E-state index contributed by atoms with van der Waals surface area (Å²) < 4.78 is 5.95. The third-order valence-corrected chi connectivity index (χ3v) is 4.77. The first kappa shape index (κ1) is 21.7. The molecule has 4 nitrogen and oxygen atoms in total. The van der Waals surface area contributed by atoms with Gasteiger partial charge in [-0.05, 0) is 34.5 Å². The van der Waals surface area contributed by atoms with Crippen LogP contribution in [0.4, 0.5) is 0 Å². The number of unbranched alkanes of at least 4 members (excludes halogenated alkanes) is 7. The molecule has 140 valence electrons. The Morgan fingerprint density at radius 3 is 2.24 bits per heavy atom. The molecule has 25 heavy (non-hydrogen) atoms. The highest BCUT2D eigenvalue weighted by molar-refractivity contribution is 9.10. The normalized spacial score (nSPS) is 10.5. The van der Waals surface area contributed by atoms with Gasteiger partial charge < -0.3 is 9.64 Å². The number of hydrogen-bond donors (Lipinski definition) is 0. The molecule has 0 bridgehead atoms. The van der Waals surface area contributed by atoms with E-state index in [1.54, 1.807) is 19.2 Å². The molecule has 5 heteroatoms. The molecule has 0 radical (unpaired) electrons. The lowest BCUT2D eigenvalue weighted by atomic mass is 10.1. The van der Waals surface area contributed by atoms with Crippen LogP contribution in [0.15, 0.2) is 28.7 Å².